The molecule has 0 spiro atoms. The second-order valence-electron chi connectivity index (χ2n) is 6.42. The Kier molecular flexibility index (Phi) is 4.68. The van der Waals surface area contributed by atoms with E-state index >= 15 is 0 Å². The molecular formula is C15H30N2O. The van der Waals surface area contributed by atoms with Crippen LogP contribution in [0.3, 0.4) is 0 Å². The normalized spacial score (nSPS) is 34.0. The van der Waals surface area contributed by atoms with Gasteiger partial charge in [-0.1, -0.05) is 20.3 Å². The van der Waals surface area contributed by atoms with E-state index in [1.165, 1.54) is 32.2 Å². The number of methoxy groups -OCH3 is 1. The molecular weight excluding hydrogens is 224 g/mol. The molecule has 1 heterocycles. The molecule has 3 atom stereocenters. The second kappa shape index (κ2) is 5.89. The van der Waals surface area contributed by atoms with E-state index in [0.717, 1.165) is 19.0 Å². The second-order valence-corrected chi connectivity index (χ2v) is 6.42. The predicted molar refractivity (Wildman–Crippen MR) is 75.9 cm³/mol. The minimum atomic E-state index is 0.172. The van der Waals surface area contributed by atoms with Gasteiger partial charge in [-0.15, -0.1) is 0 Å². The van der Waals surface area contributed by atoms with Gasteiger partial charge in [-0.25, -0.2) is 0 Å². The lowest BCUT2D eigenvalue weighted by atomic mass is 9.79. The van der Waals surface area contributed by atoms with E-state index in [2.05, 4.69) is 31.0 Å². The van der Waals surface area contributed by atoms with Crippen molar-refractivity contribution in [1.82, 2.24) is 10.2 Å². The monoisotopic (exact) mass is 254 g/mol. The molecule has 2 aliphatic rings. The number of piperazine rings is 1. The van der Waals surface area contributed by atoms with Crippen LogP contribution in [0.2, 0.25) is 0 Å². The lowest BCUT2D eigenvalue weighted by Gasteiger charge is -2.48. The molecule has 2 rings (SSSR count). The van der Waals surface area contributed by atoms with E-state index in [4.69, 9.17) is 4.74 Å². The minimum Gasteiger partial charge on any atom is -0.377 e. The standard InChI is InChI=1S/C15H30N2O/c1-5-12(2)14-10-17(13(3)9-16-14)11-15(18-4)7-6-8-15/h12-14,16H,5-11H2,1-4H3. The maximum absolute atomic E-state index is 5.78. The molecule has 18 heavy (non-hydrogen) atoms. The number of nitrogens with one attached hydrogen (secondary N) is 1. The van der Waals surface area contributed by atoms with Gasteiger partial charge >= 0.3 is 0 Å². The number of nitrogens with zero attached hydrogens (tertiary/aromatic N) is 1. The zero-order chi connectivity index (χ0) is 13.2. The number of hydrogen-bond acceptors (Lipinski definition) is 3. The molecule has 106 valence electrons. The summed E-state index contributed by atoms with van der Waals surface area (Å²) in [7, 11) is 1.89. The first kappa shape index (κ1) is 14.3. The van der Waals surface area contributed by atoms with E-state index in [1.807, 2.05) is 7.11 Å². The Labute approximate surface area is 112 Å². The van der Waals surface area contributed by atoms with Crippen LogP contribution in [0.4, 0.5) is 0 Å². The van der Waals surface area contributed by atoms with Crippen molar-refractivity contribution in [3.63, 3.8) is 0 Å². The Morgan fingerprint density at radius 1 is 1.44 bits per heavy atom. The van der Waals surface area contributed by atoms with Crippen LogP contribution in [-0.2, 0) is 4.74 Å². The van der Waals surface area contributed by atoms with Gasteiger partial charge < -0.3 is 10.1 Å². The van der Waals surface area contributed by atoms with Crippen LogP contribution in [0.1, 0.15) is 46.5 Å². The smallest absolute Gasteiger partial charge is 0.0805 e. The molecule has 1 saturated carbocycles. The summed E-state index contributed by atoms with van der Waals surface area (Å²) in [6.45, 7) is 10.4. The zero-order valence-corrected chi connectivity index (χ0v) is 12.5. The maximum Gasteiger partial charge on any atom is 0.0805 e. The Morgan fingerprint density at radius 2 is 2.17 bits per heavy atom. The summed E-state index contributed by atoms with van der Waals surface area (Å²) in [6.07, 6.45) is 5.08. The summed E-state index contributed by atoms with van der Waals surface area (Å²) >= 11 is 0. The van der Waals surface area contributed by atoms with Gasteiger partial charge in [0.1, 0.15) is 0 Å². The van der Waals surface area contributed by atoms with Crippen LogP contribution >= 0.6 is 0 Å². The van der Waals surface area contributed by atoms with Gasteiger partial charge in [0.2, 0.25) is 0 Å². The van der Waals surface area contributed by atoms with Gasteiger partial charge in [0.15, 0.2) is 0 Å². The Bertz CT molecular complexity index is 260. The lowest BCUT2D eigenvalue weighted by molar-refractivity contribution is -0.101. The van der Waals surface area contributed by atoms with Crippen molar-refractivity contribution >= 4 is 0 Å². The van der Waals surface area contributed by atoms with Crippen LogP contribution in [0.25, 0.3) is 0 Å². The molecule has 0 amide bonds. The molecule has 0 radical (unpaired) electrons. The van der Waals surface area contributed by atoms with E-state index < -0.39 is 0 Å². The first-order valence-electron chi connectivity index (χ1n) is 7.63. The molecule has 0 aromatic heterocycles. The summed E-state index contributed by atoms with van der Waals surface area (Å²) < 4.78 is 5.78. The van der Waals surface area contributed by atoms with Crippen LogP contribution in [0.15, 0.2) is 0 Å². The summed E-state index contributed by atoms with van der Waals surface area (Å²) in [4.78, 5) is 2.65. The van der Waals surface area contributed by atoms with Gasteiger partial charge in [-0.3, -0.25) is 4.90 Å². The molecule has 1 aliphatic carbocycles. The molecule has 2 fully saturated rings. The Hall–Kier alpha value is -0.120. The molecule has 1 N–H and O–H groups in total. The van der Waals surface area contributed by atoms with Crippen molar-refractivity contribution in [1.29, 1.82) is 0 Å². The van der Waals surface area contributed by atoms with Crippen LogP contribution < -0.4 is 5.32 Å². The highest BCUT2D eigenvalue weighted by molar-refractivity contribution is 4.96. The van der Waals surface area contributed by atoms with Gasteiger partial charge in [-0.2, -0.15) is 0 Å². The van der Waals surface area contributed by atoms with Crippen molar-refractivity contribution in [2.24, 2.45) is 5.92 Å². The molecule has 0 aromatic carbocycles. The minimum absolute atomic E-state index is 0.172. The molecule has 1 aliphatic heterocycles. The van der Waals surface area contributed by atoms with Gasteiger partial charge in [0, 0.05) is 38.8 Å². The van der Waals surface area contributed by atoms with Gasteiger partial charge in [0.25, 0.3) is 0 Å². The molecule has 0 bridgehead atoms. The van der Waals surface area contributed by atoms with Crippen molar-refractivity contribution in [3.8, 4) is 0 Å². The van der Waals surface area contributed by atoms with E-state index in [-0.39, 0.29) is 5.60 Å². The fraction of sp³-hybridized carbons (Fsp3) is 1.00. The van der Waals surface area contributed by atoms with E-state index in [1.54, 1.807) is 0 Å². The average Bonchev–Trinajstić information content (AvgIpc) is 2.35. The highest BCUT2D eigenvalue weighted by atomic mass is 16.5. The fourth-order valence-corrected chi connectivity index (χ4v) is 3.20. The van der Waals surface area contributed by atoms with Crippen molar-refractivity contribution < 1.29 is 4.74 Å². The SMILES string of the molecule is CCC(C)C1CN(CC2(OC)CCC2)C(C)CN1. The van der Waals surface area contributed by atoms with Crippen molar-refractivity contribution in [2.45, 2.75) is 64.1 Å². The van der Waals surface area contributed by atoms with Crippen LogP contribution in [0.5, 0.6) is 0 Å². The summed E-state index contributed by atoms with van der Waals surface area (Å²) in [5.41, 5.74) is 0.172. The Morgan fingerprint density at radius 3 is 2.67 bits per heavy atom. The molecule has 3 unspecified atom stereocenters. The summed E-state index contributed by atoms with van der Waals surface area (Å²) in [5, 5.41) is 3.71. The molecule has 3 heteroatoms. The molecule has 1 saturated heterocycles. The number of rotatable bonds is 5. The average molecular weight is 254 g/mol. The maximum atomic E-state index is 5.78. The summed E-state index contributed by atoms with van der Waals surface area (Å²) in [5.74, 6) is 0.764. The predicted octanol–water partition coefficient (Wildman–Crippen LogP) is 2.26. The lowest BCUT2D eigenvalue weighted by Crippen LogP contribution is -2.61. The zero-order valence-electron chi connectivity index (χ0n) is 12.5. The first-order valence-corrected chi connectivity index (χ1v) is 7.63. The third-order valence-corrected chi connectivity index (χ3v) is 5.25. The topological polar surface area (TPSA) is 24.5 Å². The van der Waals surface area contributed by atoms with Crippen molar-refractivity contribution in [2.75, 3.05) is 26.7 Å². The van der Waals surface area contributed by atoms with E-state index in [9.17, 15) is 0 Å². The van der Waals surface area contributed by atoms with Gasteiger partial charge in [-0.05, 0) is 32.1 Å². The van der Waals surface area contributed by atoms with E-state index in [0.29, 0.717) is 12.1 Å². The third-order valence-electron chi connectivity index (χ3n) is 5.25. The third kappa shape index (κ3) is 2.89. The fourth-order valence-electron chi connectivity index (χ4n) is 3.20. The highest BCUT2D eigenvalue weighted by Crippen LogP contribution is 2.36. The molecule has 3 nitrogen and oxygen atoms in total. The first-order chi connectivity index (χ1) is 8.60. The quantitative estimate of drug-likeness (QED) is 0.814. The molecule has 0 aromatic rings. The largest absolute Gasteiger partial charge is 0.377 e. The summed E-state index contributed by atoms with van der Waals surface area (Å²) in [6, 6.07) is 1.29. The van der Waals surface area contributed by atoms with Crippen LogP contribution in [0, 0.1) is 5.92 Å². The van der Waals surface area contributed by atoms with Gasteiger partial charge in [0.05, 0.1) is 5.60 Å². The van der Waals surface area contributed by atoms with Crippen LogP contribution in [-0.4, -0.2) is 49.3 Å². The van der Waals surface area contributed by atoms with Crippen molar-refractivity contribution in [3.05, 3.63) is 0 Å². The Balaban J connectivity index is 1.93. The number of hydrogen-bond donors (Lipinski definition) is 1. The highest BCUT2D eigenvalue weighted by Gasteiger charge is 2.41. The number of ether oxygens (including phenoxy) is 1.